The second kappa shape index (κ2) is 3.80. The van der Waals surface area contributed by atoms with Crippen LogP contribution in [-0.4, -0.2) is 17.1 Å². The van der Waals surface area contributed by atoms with E-state index in [0.29, 0.717) is 0 Å². The van der Waals surface area contributed by atoms with Crippen molar-refractivity contribution in [1.29, 1.82) is 0 Å². The highest BCUT2D eigenvalue weighted by Crippen LogP contribution is 2.20. The maximum absolute atomic E-state index is 9.31. The highest BCUT2D eigenvalue weighted by molar-refractivity contribution is 6.00. The normalized spacial score (nSPS) is 26.6. The first-order valence-corrected chi connectivity index (χ1v) is 4.73. The van der Waals surface area contributed by atoms with Crippen LogP contribution in [0.3, 0.4) is 0 Å². The highest BCUT2D eigenvalue weighted by Gasteiger charge is 2.23. The van der Waals surface area contributed by atoms with Gasteiger partial charge in [0, 0.05) is 12.3 Å². The highest BCUT2D eigenvalue weighted by atomic mass is 16.7. The van der Waals surface area contributed by atoms with Gasteiger partial charge in [-0.25, -0.2) is 0 Å². The van der Waals surface area contributed by atoms with Crippen molar-refractivity contribution in [2.75, 3.05) is 0 Å². The Balaban J connectivity index is 2.21. The van der Waals surface area contributed by atoms with Crippen molar-refractivity contribution in [3.63, 3.8) is 0 Å². The van der Waals surface area contributed by atoms with Gasteiger partial charge in [-0.15, -0.1) is 0 Å². The van der Waals surface area contributed by atoms with Crippen LogP contribution in [-0.2, 0) is 4.84 Å². The van der Waals surface area contributed by atoms with Crippen LogP contribution in [0.2, 0.25) is 0 Å². The first-order valence-electron chi connectivity index (χ1n) is 4.73. The van der Waals surface area contributed by atoms with Crippen LogP contribution in [0.5, 0.6) is 0 Å². The fourth-order valence-corrected chi connectivity index (χ4v) is 1.47. The molecule has 0 saturated carbocycles. The van der Waals surface area contributed by atoms with E-state index >= 15 is 0 Å². The Labute approximate surface area is 83.0 Å². The number of hydrogen-bond acceptors (Lipinski definition) is 3. The standard InChI is InChI=1S/C11H13NO2/c1-8-7-10(12-14-11(8)13)9-5-3-2-4-6-9/h2-6,8,11,13H,7H2,1H3/t8-,11+/m0/s1. The smallest absolute Gasteiger partial charge is 0.227 e. The molecular formula is C11H13NO2. The van der Waals surface area contributed by atoms with Gasteiger partial charge in [0.2, 0.25) is 6.29 Å². The maximum atomic E-state index is 9.31. The van der Waals surface area contributed by atoms with Crippen LogP contribution in [0.15, 0.2) is 35.5 Å². The molecule has 0 unspecified atom stereocenters. The molecule has 1 aromatic carbocycles. The van der Waals surface area contributed by atoms with Gasteiger partial charge in [-0.3, -0.25) is 0 Å². The molecule has 74 valence electrons. The predicted octanol–water partition coefficient (Wildman–Crippen LogP) is 1.77. The SMILES string of the molecule is C[C@H]1CC(c2ccccc2)=NO[C@H]1O. The summed E-state index contributed by atoms with van der Waals surface area (Å²) in [7, 11) is 0. The molecule has 0 bridgehead atoms. The van der Waals surface area contributed by atoms with E-state index in [1.165, 1.54) is 0 Å². The molecule has 0 fully saturated rings. The van der Waals surface area contributed by atoms with Gasteiger partial charge >= 0.3 is 0 Å². The van der Waals surface area contributed by atoms with Crippen LogP contribution < -0.4 is 0 Å². The molecule has 0 saturated heterocycles. The molecule has 1 aliphatic heterocycles. The van der Waals surface area contributed by atoms with Gasteiger partial charge in [-0.2, -0.15) is 0 Å². The second-order valence-electron chi connectivity index (χ2n) is 3.58. The van der Waals surface area contributed by atoms with Gasteiger partial charge in [0.25, 0.3) is 0 Å². The lowest BCUT2D eigenvalue weighted by atomic mass is 9.98. The molecular weight excluding hydrogens is 178 g/mol. The zero-order chi connectivity index (χ0) is 9.97. The average Bonchev–Trinajstić information content (AvgIpc) is 2.23. The van der Waals surface area contributed by atoms with E-state index in [1.54, 1.807) is 0 Å². The largest absolute Gasteiger partial charge is 0.363 e. The maximum Gasteiger partial charge on any atom is 0.227 e. The summed E-state index contributed by atoms with van der Waals surface area (Å²) in [6, 6.07) is 9.88. The summed E-state index contributed by atoms with van der Waals surface area (Å²) in [5.74, 6) is 0.0997. The monoisotopic (exact) mass is 191 g/mol. The molecule has 0 amide bonds. The Hall–Kier alpha value is -1.35. The van der Waals surface area contributed by atoms with E-state index in [2.05, 4.69) is 5.16 Å². The Morgan fingerprint density at radius 1 is 1.36 bits per heavy atom. The van der Waals surface area contributed by atoms with Crippen LogP contribution in [0.25, 0.3) is 0 Å². The average molecular weight is 191 g/mol. The Kier molecular flexibility index (Phi) is 2.50. The molecule has 1 N–H and O–H groups in total. The quantitative estimate of drug-likeness (QED) is 0.735. The van der Waals surface area contributed by atoms with E-state index in [-0.39, 0.29) is 5.92 Å². The third-order valence-electron chi connectivity index (χ3n) is 2.38. The molecule has 3 heteroatoms. The summed E-state index contributed by atoms with van der Waals surface area (Å²) in [4.78, 5) is 4.90. The summed E-state index contributed by atoms with van der Waals surface area (Å²) < 4.78 is 0. The Morgan fingerprint density at radius 3 is 2.71 bits per heavy atom. The van der Waals surface area contributed by atoms with E-state index in [0.717, 1.165) is 17.7 Å². The van der Waals surface area contributed by atoms with Gasteiger partial charge in [0.05, 0.1) is 5.71 Å². The van der Waals surface area contributed by atoms with Crippen molar-refractivity contribution in [3.8, 4) is 0 Å². The third-order valence-corrected chi connectivity index (χ3v) is 2.38. The van der Waals surface area contributed by atoms with Crippen LogP contribution >= 0.6 is 0 Å². The summed E-state index contributed by atoms with van der Waals surface area (Å²) in [6.45, 7) is 1.95. The summed E-state index contributed by atoms with van der Waals surface area (Å²) >= 11 is 0. The lowest BCUT2D eigenvalue weighted by Crippen LogP contribution is -2.27. The molecule has 0 radical (unpaired) electrons. The molecule has 1 heterocycles. The second-order valence-corrected chi connectivity index (χ2v) is 3.58. The molecule has 0 aromatic heterocycles. The van der Waals surface area contributed by atoms with E-state index in [1.807, 2.05) is 37.3 Å². The number of aliphatic hydroxyl groups is 1. The van der Waals surface area contributed by atoms with Gasteiger partial charge in [0.1, 0.15) is 0 Å². The van der Waals surface area contributed by atoms with Crippen molar-refractivity contribution in [2.24, 2.45) is 11.1 Å². The number of nitrogens with zero attached hydrogens (tertiary/aromatic N) is 1. The molecule has 14 heavy (non-hydrogen) atoms. The first-order chi connectivity index (χ1) is 6.77. The number of benzene rings is 1. The van der Waals surface area contributed by atoms with Gasteiger partial charge in [0.15, 0.2) is 0 Å². The minimum absolute atomic E-state index is 0.0997. The van der Waals surface area contributed by atoms with Gasteiger partial charge < -0.3 is 9.94 Å². The number of aliphatic hydroxyl groups excluding tert-OH is 1. The van der Waals surface area contributed by atoms with E-state index in [9.17, 15) is 5.11 Å². The van der Waals surface area contributed by atoms with E-state index < -0.39 is 6.29 Å². The number of hydrogen-bond donors (Lipinski definition) is 1. The molecule has 0 spiro atoms. The van der Waals surface area contributed by atoms with Crippen molar-refractivity contribution in [1.82, 2.24) is 0 Å². The number of rotatable bonds is 1. The predicted molar refractivity (Wildman–Crippen MR) is 53.9 cm³/mol. The van der Waals surface area contributed by atoms with Crippen molar-refractivity contribution in [2.45, 2.75) is 19.6 Å². The third kappa shape index (κ3) is 1.77. The Morgan fingerprint density at radius 2 is 2.07 bits per heavy atom. The molecule has 0 aliphatic carbocycles. The van der Waals surface area contributed by atoms with Crippen LogP contribution in [0, 0.1) is 5.92 Å². The van der Waals surface area contributed by atoms with Crippen LogP contribution in [0.4, 0.5) is 0 Å². The lowest BCUT2D eigenvalue weighted by Gasteiger charge is -2.22. The lowest BCUT2D eigenvalue weighted by molar-refractivity contribution is -0.135. The molecule has 1 aromatic rings. The minimum atomic E-state index is -0.762. The fourth-order valence-electron chi connectivity index (χ4n) is 1.47. The van der Waals surface area contributed by atoms with Gasteiger partial charge in [-0.05, 0) is 5.56 Å². The molecule has 2 atom stereocenters. The van der Waals surface area contributed by atoms with E-state index in [4.69, 9.17) is 4.84 Å². The van der Waals surface area contributed by atoms with Gasteiger partial charge in [-0.1, -0.05) is 42.4 Å². The van der Waals surface area contributed by atoms with Crippen molar-refractivity contribution < 1.29 is 9.94 Å². The van der Waals surface area contributed by atoms with Crippen molar-refractivity contribution >= 4 is 5.71 Å². The molecule has 3 nitrogen and oxygen atoms in total. The zero-order valence-electron chi connectivity index (χ0n) is 8.05. The number of oxime groups is 1. The minimum Gasteiger partial charge on any atom is -0.363 e. The molecule has 1 aliphatic rings. The topological polar surface area (TPSA) is 41.8 Å². The first kappa shape index (κ1) is 9.21. The molecule has 2 rings (SSSR count). The summed E-state index contributed by atoms with van der Waals surface area (Å²) in [6.07, 6.45) is -0.00647. The summed E-state index contributed by atoms with van der Waals surface area (Å²) in [5, 5.41) is 13.2. The Bertz CT molecular complexity index is 334. The summed E-state index contributed by atoms with van der Waals surface area (Å²) in [5.41, 5.74) is 1.97. The van der Waals surface area contributed by atoms with Crippen LogP contribution in [0.1, 0.15) is 18.9 Å². The van der Waals surface area contributed by atoms with Crippen molar-refractivity contribution in [3.05, 3.63) is 35.9 Å². The fraction of sp³-hybridized carbons (Fsp3) is 0.364. The zero-order valence-corrected chi connectivity index (χ0v) is 8.05.